The maximum absolute atomic E-state index is 12.4. The van der Waals surface area contributed by atoms with Gasteiger partial charge in [0.25, 0.3) is 0 Å². The molecule has 2 saturated carbocycles. The number of piperidine rings is 1. The van der Waals surface area contributed by atoms with Crippen molar-refractivity contribution in [2.45, 2.75) is 75.3 Å². The van der Waals surface area contributed by atoms with E-state index in [1.807, 2.05) is 5.06 Å². The van der Waals surface area contributed by atoms with Crippen LogP contribution < -0.4 is 0 Å². The van der Waals surface area contributed by atoms with E-state index in [0.717, 1.165) is 0 Å². The molecule has 21 heavy (non-hydrogen) atoms. The quantitative estimate of drug-likeness (QED) is 0.739. The molecule has 5 nitrogen and oxygen atoms in total. The highest BCUT2D eigenvalue weighted by atomic mass is 16.7. The molecule has 0 N–H and O–H groups in total. The minimum atomic E-state index is -0.335. The van der Waals surface area contributed by atoms with Gasteiger partial charge < -0.3 is 4.84 Å². The third kappa shape index (κ3) is 2.46. The van der Waals surface area contributed by atoms with E-state index in [4.69, 9.17) is 4.84 Å². The number of carbonyl (C=O) groups excluding carboxylic acids is 3. The van der Waals surface area contributed by atoms with Crippen LogP contribution in [0.15, 0.2) is 0 Å². The standard InChI is InChI=1S/C16H23NO4/c1-21-17-15(6-2-12(18)3-7-15)10-14(20)11-16(17)8-4-13(19)5-9-16/h2-11H2,1H3. The molecule has 0 unspecified atom stereocenters. The van der Waals surface area contributed by atoms with Crippen LogP contribution in [0, 0.1) is 0 Å². The van der Waals surface area contributed by atoms with Gasteiger partial charge in [-0.05, 0) is 25.7 Å². The van der Waals surface area contributed by atoms with E-state index >= 15 is 0 Å². The molecule has 1 saturated heterocycles. The summed E-state index contributed by atoms with van der Waals surface area (Å²) in [5.41, 5.74) is -0.670. The third-order valence-electron chi connectivity index (χ3n) is 5.57. The molecule has 116 valence electrons. The molecule has 2 aliphatic carbocycles. The van der Waals surface area contributed by atoms with Gasteiger partial charge >= 0.3 is 0 Å². The van der Waals surface area contributed by atoms with Gasteiger partial charge in [-0.25, -0.2) is 0 Å². The van der Waals surface area contributed by atoms with Gasteiger partial charge in [-0.15, -0.1) is 0 Å². The smallest absolute Gasteiger partial charge is 0.136 e. The van der Waals surface area contributed by atoms with E-state index in [2.05, 4.69) is 0 Å². The Labute approximate surface area is 125 Å². The largest absolute Gasteiger partial charge is 0.301 e. The number of hydrogen-bond acceptors (Lipinski definition) is 5. The molecule has 0 bridgehead atoms. The van der Waals surface area contributed by atoms with Crippen molar-refractivity contribution in [1.29, 1.82) is 0 Å². The van der Waals surface area contributed by atoms with Crippen LogP contribution in [0.25, 0.3) is 0 Å². The fraction of sp³-hybridized carbons (Fsp3) is 0.812. The maximum Gasteiger partial charge on any atom is 0.136 e. The van der Waals surface area contributed by atoms with Gasteiger partial charge in [0.1, 0.15) is 17.3 Å². The molecule has 5 heteroatoms. The predicted octanol–water partition coefficient (Wildman–Crippen LogP) is 1.98. The Bertz CT molecular complexity index is 425. The normalized spacial score (nSPS) is 29.3. The third-order valence-corrected chi connectivity index (χ3v) is 5.57. The molecule has 3 rings (SSSR count). The summed E-state index contributed by atoms with van der Waals surface area (Å²) in [4.78, 5) is 41.3. The lowest BCUT2D eigenvalue weighted by molar-refractivity contribution is -0.286. The first-order chi connectivity index (χ1) is 10.00. The number of nitrogens with zero attached hydrogens (tertiary/aromatic N) is 1. The maximum atomic E-state index is 12.4. The molecule has 2 spiro atoms. The lowest BCUT2D eigenvalue weighted by atomic mass is 9.66. The van der Waals surface area contributed by atoms with Crippen molar-refractivity contribution in [3.63, 3.8) is 0 Å². The summed E-state index contributed by atoms with van der Waals surface area (Å²) in [5.74, 6) is 0.817. The number of rotatable bonds is 1. The van der Waals surface area contributed by atoms with Crippen LogP contribution in [0.1, 0.15) is 64.2 Å². The molecular weight excluding hydrogens is 270 g/mol. The highest BCUT2D eigenvalue weighted by molar-refractivity contribution is 5.85. The van der Waals surface area contributed by atoms with Crippen LogP contribution in [-0.2, 0) is 19.2 Å². The van der Waals surface area contributed by atoms with Crippen LogP contribution in [-0.4, -0.2) is 40.6 Å². The van der Waals surface area contributed by atoms with Crippen LogP contribution in [0.5, 0.6) is 0 Å². The van der Waals surface area contributed by atoms with E-state index in [-0.39, 0.29) is 28.4 Å². The highest BCUT2D eigenvalue weighted by Gasteiger charge is 2.56. The number of ketones is 3. The molecule has 0 radical (unpaired) electrons. The molecule has 0 atom stereocenters. The average molecular weight is 293 g/mol. The topological polar surface area (TPSA) is 63.7 Å². The molecule has 3 aliphatic rings. The lowest BCUT2D eigenvalue weighted by Crippen LogP contribution is -2.66. The number of carbonyl (C=O) groups is 3. The zero-order chi connectivity index (χ0) is 15.1. The predicted molar refractivity (Wildman–Crippen MR) is 75.5 cm³/mol. The molecule has 3 fully saturated rings. The van der Waals surface area contributed by atoms with Gasteiger partial charge in [0.15, 0.2) is 0 Å². The molecule has 0 aromatic rings. The molecule has 0 aromatic heterocycles. The van der Waals surface area contributed by atoms with Crippen molar-refractivity contribution in [2.75, 3.05) is 7.11 Å². The minimum Gasteiger partial charge on any atom is -0.301 e. The molecule has 0 amide bonds. The first-order valence-corrected chi connectivity index (χ1v) is 7.89. The van der Waals surface area contributed by atoms with E-state index in [1.54, 1.807) is 7.11 Å². The molecule has 1 aliphatic heterocycles. The van der Waals surface area contributed by atoms with Gasteiger partial charge in [-0.1, -0.05) is 0 Å². The second-order valence-electron chi connectivity index (χ2n) is 6.90. The van der Waals surface area contributed by atoms with E-state index in [0.29, 0.717) is 64.2 Å². The molecule has 0 aromatic carbocycles. The van der Waals surface area contributed by atoms with Crippen molar-refractivity contribution < 1.29 is 19.2 Å². The van der Waals surface area contributed by atoms with Crippen molar-refractivity contribution in [1.82, 2.24) is 5.06 Å². The molecule has 1 heterocycles. The first kappa shape index (κ1) is 14.9. The van der Waals surface area contributed by atoms with Crippen molar-refractivity contribution >= 4 is 17.3 Å². The summed E-state index contributed by atoms with van der Waals surface area (Å²) >= 11 is 0. The summed E-state index contributed by atoms with van der Waals surface area (Å²) < 4.78 is 0. The van der Waals surface area contributed by atoms with Crippen molar-refractivity contribution in [3.05, 3.63) is 0 Å². The Hall–Kier alpha value is -1.07. The van der Waals surface area contributed by atoms with Crippen LogP contribution >= 0.6 is 0 Å². The SMILES string of the molecule is CON1C2(CCC(=O)CC2)CC(=O)CC12CCC(=O)CC2. The van der Waals surface area contributed by atoms with Gasteiger partial charge in [-0.2, -0.15) is 5.06 Å². The fourth-order valence-corrected chi connectivity index (χ4v) is 4.58. The summed E-state index contributed by atoms with van der Waals surface area (Å²) in [6.45, 7) is 0. The zero-order valence-corrected chi connectivity index (χ0v) is 12.7. The zero-order valence-electron chi connectivity index (χ0n) is 12.7. The van der Waals surface area contributed by atoms with E-state index < -0.39 is 0 Å². The van der Waals surface area contributed by atoms with Crippen LogP contribution in [0.2, 0.25) is 0 Å². The second-order valence-corrected chi connectivity index (χ2v) is 6.90. The Morgan fingerprint density at radius 1 is 0.762 bits per heavy atom. The number of hydroxylamine groups is 2. The summed E-state index contributed by atoms with van der Waals surface area (Å²) in [7, 11) is 1.66. The van der Waals surface area contributed by atoms with Crippen molar-refractivity contribution in [2.24, 2.45) is 0 Å². The van der Waals surface area contributed by atoms with Gasteiger partial charge in [-0.3, -0.25) is 14.4 Å². The fourth-order valence-electron chi connectivity index (χ4n) is 4.58. The number of hydrogen-bond donors (Lipinski definition) is 0. The monoisotopic (exact) mass is 293 g/mol. The van der Waals surface area contributed by atoms with Crippen molar-refractivity contribution in [3.8, 4) is 0 Å². The Morgan fingerprint density at radius 2 is 1.14 bits per heavy atom. The number of Topliss-reactive ketones (excluding diaryl/α,β-unsaturated/α-hetero) is 3. The summed E-state index contributed by atoms with van der Waals surface area (Å²) in [6, 6.07) is 0. The Balaban J connectivity index is 1.92. The average Bonchev–Trinajstić information content (AvgIpc) is 2.45. The van der Waals surface area contributed by atoms with E-state index in [1.165, 1.54) is 0 Å². The Kier molecular flexibility index (Phi) is 3.74. The van der Waals surface area contributed by atoms with Gasteiger partial charge in [0.05, 0.1) is 18.2 Å². The Morgan fingerprint density at radius 3 is 1.48 bits per heavy atom. The van der Waals surface area contributed by atoms with Crippen LogP contribution in [0.3, 0.4) is 0 Å². The first-order valence-electron chi connectivity index (χ1n) is 7.89. The van der Waals surface area contributed by atoms with E-state index in [9.17, 15) is 14.4 Å². The van der Waals surface area contributed by atoms with Gasteiger partial charge in [0, 0.05) is 38.5 Å². The lowest BCUT2D eigenvalue weighted by Gasteiger charge is -2.57. The van der Waals surface area contributed by atoms with Crippen LogP contribution in [0.4, 0.5) is 0 Å². The van der Waals surface area contributed by atoms with Gasteiger partial charge in [0.2, 0.25) is 0 Å². The minimum absolute atomic E-state index is 0.256. The second kappa shape index (κ2) is 5.29. The molecular formula is C16H23NO4. The summed E-state index contributed by atoms with van der Waals surface area (Å²) in [6.07, 6.45) is 5.85. The highest BCUT2D eigenvalue weighted by Crippen LogP contribution is 2.49. The summed E-state index contributed by atoms with van der Waals surface area (Å²) in [5, 5.41) is 2.03.